The topological polar surface area (TPSA) is 79.8 Å². The molecule has 3 rings (SSSR count). The van der Waals surface area contributed by atoms with Gasteiger partial charge in [-0.2, -0.15) is 0 Å². The summed E-state index contributed by atoms with van der Waals surface area (Å²) in [7, 11) is 0. The van der Waals surface area contributed by atoms with Gasteiger partial charge in [0.15, 0.2) is 0 Å². The van der Waals surface area contributed by atoms with Crippen LogP contribution in [0.1, 0.15) is 15.9 Å². The molecule has 2 N–H and O–H groups in total. The number of hydrogen-bond donors (Lipinski definition) is 2. The van der Waals surface area contributed by atoms with Crippen molar-refractivity contribution in [2.45, 2.75) is 6.54 Å². The van der Waals surface area contributed by atoms with Crippen molar-refractivity contribution in [3.05, 3.63) is 77.3 Å². The third kappa shape index (κ3) is 4.27. The van der Waals surface area contributed by atoms with E-state index in [9.17, 15) is 4.79 Å². The number of carbonyl (C=O) groups is 1. The van der Waals surface area contributed by atoms with Crippen molar-refractivity contribution in [3.63, 3.8) is 0 Å². The summed E-state index contributed by atoms with van der Waals surface area (Å²) in [5.74, 6) is 0.147. The van der Waals surface area contributed by atoms with Crippen LogP contribution < -0.4 is 10.6 Å². The van der Waals surface area contributed by atoms with E-state index >= 15 is 0 Å². The summed E-state index contributed by atoms with van der Waals surface area (Å²) >= 11 is 5.89. The minimum Gasteiger partial charge on any atom is -0.350 e. The van der Waals surface area contributed by atoms with Crippen LogP contribution in [0.4, 0.5) is 11.6 Å². The molecule has 2 heterocycles. The highest BCUT2D eigenvalue weighted by atomic mass is 35.5. The number of carbonyl (C=O) groups excluding carboxylic acids is 1. The molecule has 0 unspecified atom stereocenters. The summed E-state index contributed by atoms with van der Waals surface area (Å²) in [4.78, 5) is 24.5. The zero-order valence-electron chi connectivity index (χ0n) is 12.6. The summed E-state index contributed by atoms with van der Waals surface area (Å²) in [6.07, 6.45) is 6.42. The minimum atomic E-state index is -0.295. The van der Waals surface area contributed by atoms with Crippen molar-refractivity contribution >= 4 is 29.1 Å². The third-order valence-corrected chi connectivity index (χ3v) is 3.41. The Bertz CT molecular complexity index is 824. The Balaban J connectivity index is 1.60. The van der Waals surface area contributed by atoms with Crippen molar-refractivity contribution in [1.82, 2.24) is 15.0 Å². The molecule has 0 saturated carbocycles. The van der Waals surface area contributed by atoms with Crippen LogP contribution in [-0.2, 0) is 6.54 Å². The molecule has 1 amide bonds. The lowest BCUT2D eigenvalue weighted by Crippen LogP contribution is -2.13. The number of pyridine rings is 1. The average molecular weight is 340 g/mol. The van der Waals surface area contributed by atoms with Crippen LogP contribution in [0.3, 0.4) is 0 Å². The van der Waals surface area contributed by atoms with Gasteiger partial charge in [-0.25, -0.2) is 9.97 Å². The Morgan fingerprint density at radius 2 is 1.92 bits per heavy atom. The average Bonchev–Trinajstić information content (AvgIpc) is 2.61. The van der Waals surface area contributed by atoms with Crippen molar-refractivity contribution in [2.75, 3.05) is 10.6 Å². The Kier molecular flexibility index (Phi) is 4.98. The first-order chi connectivity index (χ1) is 11.7. The van der Waals surface area contributed by atoms with Crippen molar-refractivity contribution in [1.29, 1.82) is 0 Å². The van der Waals surface area contributed by atoms with Gasteiger partial charge in [0.1, 0.15) is 0 Å². The van der Waals surface area contributed by atoms with Gasteiger partial charge in [-0.05, 0) is 29.8 Å². The highest BCUT2D eigenvalue weighted by Gasteiger charge is 2.08. The molecule has 2 aromatic heterocycles. The van der Waals surface area contributed by atoms with Crippen LogP contribution in [0.2, 0.25) is 5.02 Å². The van der Waals surface area contributed by atoms with Gasteiger partial charge in [0, 0.05) is 42.0 Å². The molecule has 3 aromatic rings. The SMILES string of the molecule is O=C(Nc1cccc(Cl)c1)c1cnc(NCc2cccnc2)nc1. The molecule has 0 aliphatic heterocycles. The first kappa shape index (κ1) is 15.9. The van der Waals surface area contributed by atoms with E-state index in [1.54, 1.807) is 36.7 Å². The smallest absolute Gasteiger partial charge is 0.258 e. The lowest BCUT2D eigenvalue weighted by atomic mass is 10.3. The van der Waals surface area contributed by atoms with E-state index in [2.05, 4.69) is 25.6 Å². The van der Waals surface area contributed by atoms with E-state index in [1.807, 2.05) is 12.1 Å². The molecular formula is C17H14ClN5O. The number of amides is 1. The monoisotopic (exact) mass is 339 g/mol. The second-order valence-corrected chi connectivity index (χ2v) is 5.41. The van der Waals surface area contributed by atoms with Crippen molar-refractivity contribution in [3.8, 4) is 0 Å². The van der Waals surface area contributed by atoms with Gasteiger partial charge >= 0.3 is 0 Å². The number of nitrogens with one attached hydrogen (secondary N) is 2. The molecule has 7 heteroatoms. The van der Waals surface area contributed by atoms with Gasteiger partial charge in [-0.1, -0.05) is 23.7 Å². The van der Waals surface area contributed by atoms with Crippen LogP contribution in [0.15, 0.2) is 61.2 Å². The van der Waals surface area contributed by atoms with Crippen molar-refractivity contribution in [2.24, 2.45) is 0 Å². The predicted octanol–water partition coefficient (Wildman–Crippen LogP) is 3.39. The van der Waals surface area contributed by atoms with E-state index in [0.717, 1.165) is 5.56 Å². The van der Waals surface area contributed by atoms with Gasteiger partial charge in [0.05, 0.1) is 5.56 Å². The Morgan fingerprint density at radius 3 is 2.62 bits per heavy atom. The fourth-order valence-electron chi connectivity index (χ4n) is 1.99. The molecule has 0 saturated heterocycles. The molecule has 0 atom stereocenters. The van der Waals surface area contributed by atoms with E-state index in [4.69, 9.17) is 11.6 Å². The molecule has 6 nitrogen and oxygen atoms in total. The number of nitrogens with zero attached hydrogens (tertiary/aromatic N) is 3. The maximum absolute atomic E-state index is 12.2. The summed E-state index contributed by atoms with van der Waals surface area (Å²) in [5.41, 5.74) is 2.00. The maximum Gasteiger partial charge on any atom is 0.258 e. The molecular weight excluding hydrogens is 326 g/mol. The van der Waals surface area contributed by atoms with Gasteiger partial charge < -0.3 is 10.6 Å². The Morgan fingerprint density at radius 1 is 1.08 bits per heavy atom. The molecule has 0 aliphatic rings. The first-order valence-electron chi connectivity index (χ1n) is 7.22. The lowest BCUT2D eigenvalue weighted by Gasteiger charge is -2.07. The largest absolute Gasteiger partial charge is 0.350 e. The Hall–Kier alpha value is -2.99. The number of aromatic nitrogens is 3. The molecule has 1 aromatic carbocycles. The molecule has 0 bridgehead atoms. The van der Waals surface area contributed by atoms with Crippen LogP contribution in [0, 0.1) is 0 Å². The zero-order chi connectivity index (χ0) is 16.8. The fourth-order valence-corrected chi connectivity index (χ4v) is 2.18. The normalized spacial score (nSPS) is 10.2. The van der Waals surface area contributed by atoms with E-state index < -0.39 is 0 Å². The van der Waals surface area contributed by atoms with Crippen LogP contribution >= 0.6 is 11.6 Å². The second kappa shape index (κ2) is 7.52. The van der Waals surface area contributed by atoms with Crippen molar-refractivity contribution < 1.29 is 4.79 Å². The van der Waals surface area contributed by atoms with Gasteiger partial charge in [0.25, 0.3) is 5.91 Å². The summed E-state index contributed by atoms with van der Waals surface area (Å²) in [6.45, 7) is 0.557. The number of rotatable bonds is 5. The fraction of sp³-hybridized carbons (Fsp3) is 0.0588. The summed E-state index contributed by atoms with van der Waals surface area (Å²) in [6, 6.07) is 10.7. The standard InChI is InChI=1S/C17H14ClN5O/c18-14-4-1-5-15(7-14)23-16(24)13-10-21-17(22-11-13)20-9-12-3-2-6-19-8-12/h1-8,10-11H,9H2,(H,23,24)(H,20,21,22). The summed E-state index contributed by atoms with van der Waals surface area (Å²) in [5, 5.41) is 6.37. The molecule has 24 heavy (non-hydrogen) atoms. The first-order valence-corrected chi connectivity index (χ1v) is 7.60. The third-order valence-electron chi connectivity index (χ3n) is 3.17. The van der Waals surface area contributed by atoms with Crippen LogP contribution in [-0.4, -0.2) is 20.9 Å². The highest BCUT2D eigenvalue weighted by molar-refractivity contribution is 6.30. The van der Waals surface area contributed by atoms with Gasteiger partial charge in [-0.3, -0.25) is 9.78 Å². The quantitative estimate of drug-likeness (QED) is 0.744. The molecule has 0 fully saturated rings. The number of halogens is 1. The molecule has 0 spiro atoms. The van der Waals surface area contributed by atoms with E-state index in [1.165, 1.54) is 12.4 Å². The Labute approximate surface area is 143 Å². The summed E-state index contributed by atoms with van der Waals surface area (Å²) < 4.78 is 0. The molecule has 120 valence electrons. The van der Waals surface area contributed by atoms with Crippen LogP contribution in [0.5, 0.6) is 0 Å². The minimum absolute atomic E-state index is 0.295. The number of hydrogen-bond acceptors (Lipinski definition) is 5. The molecule has 0 radical (unpaired) electrons. The number of benzene rings is 1. The zero-order valence-corrected chi connectivity index (χ0v) is 13.4. The highest BCUT2D eigenvalue weighted by Crippen LogP contribution is 2.15. The second-order valence-electron chi connectivity index (χ2n) is 4.97. The predicted molar refractivity (Wildman–Crippen MR) is 93.0 cm³/mol. The number of anilines is 2. The maximum atomic E-state index is 12.2. The van der Waals surface area contributed by atoms with Gasteiger partial charge in [0.2, 0.25) is 5.95 Å². The molecule has 0 aliphatic carbocycles. The lowest BCUT2D eigenvalue weighted by molar-refractivity contribution is 0.102. The van der Waals surface area contributed by atoms with E-state index in [-0.39, 0.29) is 5.91 Å². The van der Waals surface area contributed by atoms with Crippen LogP contribution in [0.25, 0.3) is 0 Å². The van der Waals surface area contributed by atoms with Gasteiger partial charge in [-0.15, -0.1) is 0 Å². The van der Waals surface area contributed by atoms with E-state index in [0.29, 0.717) is 28.8 Å².